The van der Waals surface area contributed by atoms with Crippen LogP contribution in [0.15, 0.2) is 51.3 Å². The topological polar surface area (TPSA) is 89.4 Å². The van der Waals surface area contributed by atoms with Crippen molar-refractivity contribution in [3.8, 4) is 16.9 Å². The molecular weight excluding hydrogens is 528 g/mol. The monoisotopic (exact) mass is 541 g/mol. The van der Waals surface area contributed by atoms with Crippen molar-refractivity contribution >= 4 is 57.7 Å². The van der Waals surface area contributed by atoms with E-state index in [9.17, 15) is 13.6 Å². The Balaban J connectivity index is 1.89. The van der Waals surface area contributed by atoms with E-state index >= 15 is 0 Å². The fourth-order valence-electron chi connectivity index (χ4n) is 2.70. The minimum absolute atomic E-state index is 0.143. The van der Waals surface area contributed by atoms with Crippen molar-refractivity contribution in [1.82, 2.24) is 20.3 Å². The molecule has 3 aromatic rings. The molecule has 0 aliphatic heterocycles. The Bertz CT molecular complexity index is 1170. The second kappa shape index (κ2) is 10.8. The first kappa shape index (κ1) is 24.0. The van der Waals surface area contributed by atoms with E-state index in [1.54, 1.807) is 0 Å². The molecule has 1 aromatic carbocycles. The Kier molecular flexibility index (Phi) is 8.10. The summed E-state index contributed by atoms with van der Waals surface area (Å²) in [5, 5.41) is 3.56. The number of alkyl halides is 2. The number of methoxy groups -OCH3 is 1. The van der Waals surface area contributed by atoms with Crippen LogP contribution < -0.4 is 10.1 Å². The van der Waals surface area contributed by atoms with Gasteiger partial charge < -0.3 is 10.1 Å². The number of amides is 1. The molecule has 7 nitrogen and oxygen atoms in total. The average molecular weight is 543 g/mol. The molecule has 166 valence electrons. The summed E-state index contributed by atoms with van der Waals surface area (Å²) < 4.78 is 32.2. The summed E-state index contributed by atoms with van der Waals surface area (Å²) in [6, 6.07) is 5.74. The average Bonchev–Trinajstić information content (AvgIpc) is 2.78. The number of nitrogens with zero attached hydrogens (tertiary/aromatic N) is 4. The maximum absolute atomic E-state index is 13.2. The molecule has 0 fully saturated rings. The molecule has 12 heteroatoms. The fourth-order valence-corrected chi connectivity index (χ4v) is 4.02. The highest BCUT2D eigenvalue weighted by Gasteiger charge is 2.20. The lowest BCUT2D eigenvalue weighted by atomic mass is 9.98. The normalized spacial score (nSPS) is 10.8. The Morgan fingerprint density at radius 1 is 1.31 bits per heavy atom. The van der Waals surface area contributed by atoms with Gasteiger partial charge in [-0.2, -0.15) is 0 Å². The minimum Gasteiger partial charge on any atom is -0.494 e. The standard InChI is InChI=1S/C20H15BrClF2N5O2S/c1-25-18-20(29-16(21)8-27-18)32-9-28-19(30)11-4-3-10(22)5-12(11)13-6-14(17(23)24)26-7-15(13)31-2/h3-8,17H,1,9H2,2H3,(H,28,30). The van der Waals surface area contributed by atoms with Gasteiger partial charge in [-0.25, -0.2) is 23.7 Å². The van der Waals surface area contributed by atoms with E-state index < -0.39 is 18.0 Å². The molecule has 0 unspecified atom stereocenters. The number of halogens is 4. The molecule has 0 radical (unpaired) electrons. The molecule has 0 aliphatic rings. The molecule has 2 heterocycles. The summed E-state index contributed by atoms with van der Waals surface area (Å²) in [5.41, 5.74) is 0.383. The first-order valence-corrected chi connectivity index (χ1v) is 11.0. The van der Waals surface area contributed by atoms with Crippen molar-refractivity contribution in [2.45, 2.75) is 11.5 Å². The maximum Gasteiger partial charge on any atom is 0.280 e. The predicted molar refractivity (Wildman–Crippen MR) is 123 cm³/mol. The number of carbonyl (C=O) groups excluding carboxylic acids is 1. The van der Waals surface area contributed by atoms with E-state index in [0.29, 0.717) is 26.0 Å². The summed E-state index contributed by atoms with van der Waals surface area (Å²) in [4.78, 5) is 28.8. The second-order valence-corrected chi connectivity index (χ2v) is 8.29. The molecule has 0 aliphatic carbocycles. The van der Waals surface area contributed by atoms with Crippen LogP contribution in [0.1, 0.15) is 22.5 Å². The molecule has 0 atom stereocenters. The Morgan fingerprint density at radius 3 is 2.78 bits per heavy atom. The van der Waals surface area contributed by atoms with Crippen LogP contribution in [0.2, 0.25) is 5.02 Å². The second-order valence-electron chi connectivity index (χ2n) is 6.07. The van der Waals surface area contributed by atoms with Crippen LogP contribution in [0, 0.1) is 0 Å². The molecule has 0 spiro atoms. The molecule has 3 rings (SSSR count). The number of rotatable bonds is 8. The first-order chi connectivity index (χ1) is 15.3. The quantitative estimate of drug-likeness (QED) is 0.223. The van der Waals surface area contributed by atoms with Crippen LogP contribution in [0.25, 0.3) is 11.1 Å². The van der Waals surface area contributed by atoms with Crippen molar-refractivity contribution in [3.05, 3.63) is 57.5 Å². The Labute approximate surface area is 199 Å². The van der Waals surface area contributed by atoms with Crippen LogP contribution in [-0.2, 0) is 0 Å². The number of benzene rings is 1. The third-order valence-electron chi connectivity index (χ3n) is 4.13. The number of aliphatic imine (C=N–C) groups is 1. The van der Waals surface area contributed by atoms with Gasteiger partial charge in [-0.15, -0.1) is 0 Å². The Hall–Kier alpha value is -2.63. The number of nitrogens with one attached hydrogen (secondary N) is 1. The van der Waals surface area contributed by atoms with Crippen LogP contribution in [0.5, 0.6) is 5.75 Å². The SMILES string of the molecule is C=Nc1ncc(Br)nc1SCNC(=O)c1ccc(Cl)cc1-c1cc(C(F)F)ncc1OC. The molecule has 0 bridgehead atoms. The Morgan fingerprint density at radius 2 is 2.09 bits per heavy atom. The molecule has 32 heavy (non-hydrogen) atoms. The largest absolute Gasteiger partial charge is 0.494 e. The van der Waals surface area contributed by atoms with Crippen molar-refractivity contribution in [3.63, 3.8) is 0 Å². The van der Waals surface area contributed by atoms with Crippen LogP contribution in [-0.4, -0.2) is 40.6 Å². The highest BCUT2D eigenvalue weighted by atomic mass is 79.9. The smallest absolute Gasteiger partial charge is 0.280 e. The van der Waals surface area contributed by atoms with E-state index in [2.05, 4.69) is 47.9 Å². The van der Waals surface area contributed by atoms with Crippen molar-refractivity contribution in [2.24, 2.45) is 4.99 Å². The molecule has 1 N–H and O–H groups in total. The van der Waals surface area contributed by atoms with Crippen molar-refractivity contribution in [1.29, 1.82) is 0 Å². The van der Waals surface area contributed by atoms with E-state index in [1.165, 1.54) is 55.5 Å². The highest BCUT2D eigenvalue weighted by molar-refractivity contribution is 9.10. The summed E-state index contributed by atoms with van der Waals surface area (Å²) in [5.74, 6) is 0.259. The van der Waals surface area contributed by atoms with Gasteiger partial charge in [-0.1, -0.05) is 23.4 Å². The number of carbonyl (C=O) groups is 1. The lowest BCUT2D eigenvalue weighted by Crippen LogP contribution is -2.23. The van der Waals surface area contributed by atoms with Crippen molar-refractivity contribution < 1.29 is 18.3 Å². The number of ether oxygens (including phenoxy) is 1. The third kappa shape index (κ3) is 5.59. The predicted octanol–water partition coefficient (Wildman–Crippen LogP) is 5.71. The number of thioether (sulfide) groups is 1. The summed E-state index contributed by atoms with van der Waals surface area (Å²) in [6.45, 7) is 3.45. The van der Waals surface area contributed by atoms with E-state index in [-0.39, 0.29) is 22.8 Å². The molecule has 0 saturated carbocycles. The van der Waals surface area contributed by atoms with Gasteiger partial charge in [0.25, 0.3) is 12.3 Å². The number of hydrogen-bond donors (Lipinski definition) is 1. The van der Waals surface area contributed by atoms with E-state index in [1.807, 2.05) is 0 Å². The van der Waals surface area contributed by atoms with Gasteiger partial charge in [-0.05, 0) is 52.5 Å². The maximum atomic E-state index is 13.2. The number of aromatic nitrogens is 3. The first-order valence-electron chi connectivity index (χ1n) is 8.86. The molecule has 2 aromatic heterocycles. The fraction of sp³-hybridized carbons (Fsp3) is 0.150. The molecular formula is C20H15BrClF2N5O2S. The van der Waals surface area contributed by atoms with Gasteiger partial charge in [0, 0.05) is 16.1 Å². The van der Waals surface area contributed by atoms with Gasteiger partial charge in [0.15, 0.2) is 5.82 Å². The molecule has 1 amide bonds. The molecule has 0 saturated heterocycles. The van der Waals surface area contributed by atoms with Gasteiger partial charge in [-0.3, -0.25) is 9.78 Å². The van der Waals surface area contributed by atoms with E-state index in [4.69, 9.17) is 16.3 Å². The van der Waals surface area contributed by atoms with Gasteiger partial charge in [0.2, 0.25) is 0 Å². The minimum atomic E-state index is -2.79. The van der Waals surface area contributed by atoms with Gasteiger partial charge in [0.1, 0.15) is 21.1 Å². The summed E-state index contributed by atoms with van der Waals surface area (Å²) in [7, 11) is 1.38. The van der Waals surface area contributed by atoms with Crippen LogP contribution >= 0.6 is 39.3 Å². The zero-order valence-corrected chi connectivity index (χ0v) is 19.6. The zero-order chi connectivity index (χ0) is 23.3. The summed E-state index contributed by atoms with van der Waals surface area (Å²) in [6.07, 6.45) is -0.112. The number of pyridine rings is 1. The summed E-state index contributed by atoms with van der Waals surface area (Å²) >= 11 is 10.6. The van der Waals surface area contributed by atoms with Gasteiger partial charge >= 0.3 is 0 Å². The van der Waals surface area contributed by atoms with E-state index in [0.717, 1.165) is 0 Å². The number of hydrogen-bond acceptors (Lipinski definition) is 7. The lowest BCUT2D eigenvalue weighted by Gasteiger charge is -2.15. The van der Waals surface area contributed by atoms with Crippen LogP contribution in [0.3, 0.4) is 0 Å². The van der Waals surface area contributed by atoms with Crippen molar-refractivity contribution in [2.75, 3.05) is 13.0 Å². The van der Waals surface area contributed by atoms with Crippen LogP contribution in [0.4, 0.5) is 14.6 Å². The highest BCUT2D eigenvalue weighted by Crippen LogP contribution is 2.36. The van der Waals surface area contributed by atoms with Gasteiger partial charge in [0.05, 0.1) is 25.4 Å². The third-order valence-corrected chi connectivity index (χ3v) is 5.59. The lowest BCUT2D eigenvalue weighted by molar-refractivity contribution is 0.0961. The zero-order valence-electron chi connectivity index (χ0n) is 16.5.